The molecular weight excluding hydrogens is 280 g/mol. The van der Waals surface area contributed by atoms with E-state index in [0.717, 1.165) is 6.29 Å². The Labute approximate surface area is 125 Å². The quantitative estimate of drug-likeness (QED) is 0.507. The largest absolute Gasteiger partial charge is 0.463 e. The molecule has 22 heavy (non-hydrogen) atoms. The maximum absolute atomic E-state index is 12.6. The number of Topliss-reactive ketones (excluding diaryl/α,β-unsaturated/α-hetero) is 2. The Morgan fingerprint density at radius 3 is 2.50 bits per heavy atom. The molecule has 1 aliphatic rings. The van der Waals surface area contributed by atoms with Crippen LogP contribution in [0, 0.1) is 6.92 Å². The number of aldehydes is 1. The molecule has 0 spiro atoms. The predicted octanol–water partition coefficient (Wildman–Crippen LogP) is 3.60. The van der Waals surface area contributed by atoms with Crippen LogP contribution in [-0.4, -0.2) is 17.9 Å². The molecule has 0 unspecified atom stereocenters. The number of rotatable bonds is 1. The molecule has 0 saturated heterocycles. The van der Waals surface area contributed by atoms with Gasteiger partial charge in [0, 0.05) is 16.7 Å². The molecule has 3 aromatic rings. The molecule has 1 aliphatic carbocycles. The minimum atomic E-state index is -0.558. The van der Waals surface area contributed by atoms with E-state index in [1.165, 1.54) is 6.26 Å². The van der Waals surface area contributed by atoms with Crippen LogP contribution < -0.4 is 0 Å². The van der Waals surface area contributed by atoms with E-state index in [2.05, 4.69) is 0 Å². The Balaban J connectivity index is 2.18. The molecule has 4 nitrogen and oxygen atoms in total. The van der Waals surface area contributed by atoms with Gasteiger partial charge >= 0.3 is 0 Å². The van der Waals surface area contributed by atoms with Crippen LogP contribution in [0.1, 0.15) is 36.6 Å². The summed E-state index contributed by atoms with van der Waals surface area (Å²) in [6.07, 6.45) is 2.23. The summed E-state index contributed by atoms with van der Waals surface area (Å²) in [6, 6.07) is 8.64. The third-order valence-corrected chi connectivity index (χ3v) is 4.10. The van der Waals surface area contributed by atoms with Crippen LogP contribution in [0.5, 0.6) is 0 Å². The zero-order valence-corrected chi connectivity index (χ0v) is 11.7. The lowest BCUT2D eigenvalue weighted by Crippen LogP contribution is -2.21. The molecule has 0 bridgehead atoms. The third kappa shape index (κ3) is 1.44. The molecule has 106 valence electrons. The second kappa shape index (κ2) is 4.24. The van der Waals surface area contributed by atoms with Crippen molar-refractivity contribution in [3.63, 3.8) is 0 Å². The van der Waals surface area contributed by atoms with Crippen molar-refractivity contribution < 1.29 is 18.8 Å². The summed E-state index contributed by atoms with van der Waals surface area (Å²) in [5.41, 5.74) is 2.39. The molecule has 0 fully saturated rings. The van der Waals surface area contributed by atoms with Crippen LogP contribution in [0.15, 0.2) is 41.0 Å². The minimum Gasteiger partial charge on any atom is -0.463 e. The fraction of sp³-hybridized carbons (Fsp3) is 0.0556. The van der Waals surface area contributed by atoms with Crippen molar-refractivity contribution in [3.8, 4) is 11.3 Å². The topological polar surface area (TPSA) is 64.3 Å². The van der Waals surface area contributed by atoms with Gasteiger partial charge in [-0.15, -0.1) is 0 Å². The number of furan rings is 1. The summed E-state index contributed by atoms with van der Waals surface area (Å²) >= 11 is 0. The Hall–Kier alpha value is -3.01. The Morgan fingerprint density at radius 2 is 1.73 bits per heavy atom. The molecule has 4 heteroatoms. The Bertz CT molecular complexity index is 992. The monoisotopic (exact) mass is 290 g/mol. The van der Waals surface area contributed by atoms with Crippen LogP contribution in [-0.2, 0) is 0 Å². The van der Waals surface area contributed by atoms with E-state index in [-0.39, 0.29) is 0 Å². The number of fused-ring (bicyclic) bond motifs is 5. The lowest BCUT2D eigenvalue weighted by molar-refractivity contribution is 0.0815. The first-order chi connectivity index (χ1) is 10.6. The number of hydrogen-bond donors (Lipinski definition) is 0. The molecule has 0 aliphatic heterocycles. The number of ketones is 2. The smallest absolute Gasteiger partial charge is 0.237 e. The standard InChI is InChI=1S/C18H10O4/c1-9-8-22-18-13-6-5-11-10(7-19)3-2-4-12(11)15(13)17(21)16(20)14(9)18/h2-8H,1H3. The summed E-state index contributed by atoms with van der Waals surface area (Å²) < 4.78 is 5.49. The van der Waals surface area contributed by atoms with Crippen LogP contribution in [0.4, 0.5) is 0 Å². The van der Waals surface area contributed by atoms with Crippen molar-refractivity contribution in [3.05, 3.63) is 58.8 Å². The van der Waals surface area contributed by atoms with Crippen LogP contribution in [0.2, 0.25) is 0 Å². The lowest BCUT2D eigenvalue weighted by atomic mass is 9.84. The van der Waals surface area contributed by atoms with Gasteiger partial charge in [-0.2, -0.15) is 0 Å². The van der Waals surface area contributed by atoms with Crippen molar-refractivity contribution in [1.29, 1.82) is 0 Å². The average Bonchev–Trinajstić information content (AvgIpc) is 2.93. The first-order valence-corrected chi connectivity index (χ1v) is 6.82. The van der Waals surface area contributed by atoms with E-state index in [4.69, 9.17) is 4.42 Å². The second-order valence-corrected chi connectivity index (χ2v) is 5.33. The summed E-state index contributed by atoms with van der Waals surface area (Å²) in [5, 5.41) is 1.25. The van der Waals surface area contributed by atoms with Crippen LogP contribution >= 0.6 is 0 Å². The van der Waals surface area contributed by atoms with Crippen molar-refractivity contribution in [2.24, 2.45) is 0 Å². The fourth-order valence-corrected chi connectivity index (χ4v) is 3.07. The van der Waals surface area contributed by atoms with E-state index in [1.54, 1.807) is 37.3 Å². The van der Waals surface area contributed by atoms with Gasteiger partial charge in [-0.05, 0) is 29.3 Å². The molecule has 4 rings (SSSR count). The van der Waals surface area contributed by atoms with Gasteiger partial charge in [0.25, 0.3) is 0 Å². The Kier molecular flexibility index (Phi) is 2.45. The molecular formula is C18H10O4. The van der Waals surface area contributed by atoms with Gasteiger partial charge in [0.05, 0.1) is 11.8 Å². The van der Waals surface area contributed by atoms with E-state index in [1.807, 2.05) is 0 Å². The van der Waals surface area contributed by atoms with Gasteiger partial charge in [-0.1, -0.05) is 24.3 Å². The van der Waals surface area contributed by atoms with Crippen molar-refractivity contribution in [2.45, 2.75) is 6.92 Å². The molecule has 1 heterocycles. The normalized spacial score (nSPS) is 13.1. The molecule has 0 atom stereocenters. The summed E-state index contributed by atoms with van der Waals surface area (Å²) in [5.74, 6) is -0.686. The fourth-order valence-electron chi connectivity index (χ4n) is 3.07. The average molecular weight is 290 g/mol. The predicted molar refractivity (Wildman–Crippen MR) is 80.4 cm³/mol. The Morgan fingerprint density at radius 1 is 0.955 bits per heavy atom. The van der Waals surface area contributed by atoms with Crippen molar-refractivity contribution >= 4 is 28.6 Å². The highest BCUT2D eigenvalue weighted by atomic mass is 16.3. The maximum Gasteiger partial charge on any atom is 0.237 e. The molecule has 0 amide bonds. The second-order valence-electron chi connectivity index (χ2n) is 5.33. The van der Waals surface area contributed by atoms with E-state index in [0.29, 0.717) is 44.3 Å². The highest BCUT2D eigenvalue weighted by molar-refractivity contribution is 6.54. The molecule has 0 radical (unpaired) electrons. The molecule has 2 aromatic carbocycles. The van der Waals surface area contributed by atoms with Gasteiger partial charge in [-0.25, -0.2) is 0 Å². The van der Waals surface area contributed by atoms with Gasteiger partial charge in [0.1, 0.15) is 5.76 Å². The van der Waals surface area contributed by atoms with Crippen LogP contribution in [0.3, 0.4) is 0 Å². The third-order valence-electron chi connectivity index (χ3n) is 4.10. The highest BCUT2D eigenvalue weighted by Gasteiger charge is 2.35. The lowest BCUT2D eigenvalue weighted by Gasteiger charge is -2.16. The molecule has 0 saturated carbocycles. The number of aryl methyl sites for hydroxylation is 1. The SMILES string of the molecule is Cc1coc2c1C(=O)C(=O)c1c-2ccc2c(C=O)cccc12. The number of benzene rings is 2. The van der Waals surface area contributed by atoms with E-state index in [9.17, 15) is 14.4 Å². The highest BCUT2D eigenvalue weighted by Crippen LogP contribution is 2.39. The van der Waals surface area contributed by atoms with Gasteiger partial charge in [0.15, 0.2) is 6.29 Å². The first kappa shape index (κ1) is 12.7. The number of carbonyl (C=O) groups is 3. The van der Waals surface area contributed by atoms with Crippen molar-refractivity contribution in [2.75, 3.05) is 0 Å². The van der Waals surface area contributed by atoms with Crippen LogP contribution in [0.25, 0.3) is 22.1 Å². The zero-order chi connectivity index (χ0) is 15.4. The van der Waals surface area contributed by atoms with Gasteiger partial charge in [-0.3, -0.25) is 14.4 Å². The maximum atomic E-state index is 12.6. The minimum absolute atomic E-state index is 0.313. The van der Waals surface area contributed by atoms with E-state index >= 15 is 0 Å². The van der Waals surface area contributed by atoms with Gasteiger partial charge in [0.2, 0.25) is 11.6 Å². The summed E-state index contributed by atoms with van der Waals surface area (Å²) in [4.78, 5) is 36.1. The zero-order valence-electron chi connectivity index (χ0n) is 11.7. The summed E-state index contributed by atoms with van der Waals surface area (Å²) in [6.45, 7) is 1.74. The molecule has 0 N–H and O–H groups in total. The molecule has 1 aromatic heterocycles. The number of carbonyl (C=O) groups excluding carboxylic acids is 3. The van der Waals surface area contributed by atoms with Crippen molar-refractivity contribution in [1.82, 2.24) is 0 Å². The number of hydrogen-bond acceptors (Lipinski definition) is 4. The first-order valence-electron chi connectivity index (χ1n) is 6.82. The van der Waals surface area contributed by atoms with Gasteiger partial charge < -0.3 is 4.42 Å². The van der Waals surface area contributed by atoms with E-state index < -0.39 is 11.6 Å². The summed E-state index contributed by atoms with van der Waals surface area (Å²) in [7, 11) is 0.